The Morgan fingerprint density at radius 3 is 2.56 bits per heavy atom. The second-order valence-electron chi connectivity index (χ2n) is 4.74. The van der Waals surface area contributed by atoms with Gasteiger partial charge in [-0.15, -0.1) is 0 Å². The summed E-state index contributed by atoms with van der Waals surface area (Å²) in [6, 6.07) is 0. The molecule has 0 aromatic heterocycles. The first-order valence-corrected chi connectivity index (χ1v) is 6.66. The van der Waals surface area contributed by atoms with Crippen molar-refractivity contribution in [2.24, 2.45) is 5.92 Å². The average Bonchev–Trinajstić information content (AvgIpc) is 2.34. The maximum absolute atomic E-state index is 11.8. The van der Waals surface area contributed by atoms with Gasteiger partial charge in [-0.25, -0.2) is 0 Å². The number of hydrogen-bond acceptors (Lipinski definition) is 2. The van der Waals surface area contributed by atoms with Crippen LogP contribution >= 0.6 is 0 Å². The van der Waals surface area contributed by atoms with Crippen LogP contribution in [-0.4, -0.2) is 35.6 Å². The fraction of sp³-hybridized carbons (Fsp3) is 0.923. The molecule has 16 heavy (non-hydrogen) atoms. The van der Waals surface area contributed by atoms with E-state index >= 15 is 0 Å². The lowest BCUT2D eigenvalue weighted by Gasteiger charge is -2.24. The molecule has 1 fully saturated rings. The molecule has 3 nitrogen and oxygen atoms in total. The Bertz CT molecular complexity index is 200. The topological polar surface area (TPSA) is 40.5 Å². The van der Waals surface area contributed by atoms with Crippen LogP contribution in [0.5, 0.6) is 0 Å². The average molecular weight is 227 g/mol. The molecule has 0 heterocycles. The summed E-state index contributed by atoms with van der Waals surface area (Å²) >= 11 is 0. The van der Waals surface area contributed by atoms with Gasteiger partial charge < -0.3 is 10.0 Å². The molecule has 1 saturated carbocycles. The van der Waals surface area contributed by atoms with E-state index in [0.29, 0.717) is 19.5 Å². The Balaban J connectivity index is 2.21. The molecule has 0 aliphatic heterocycles. The minimum Gasteiger partial charge on any atom is -0.395 e. The molecule has 1 aliphatic carbocycles. The third-order valence-corrected chi connectivity index (χ3v) is 3.60. The minimum atomic E-state index is 0.0724. The van der Waals surface area contributed by atoms with Crippen molar-refractivity contribution in [1.29, 1.82) is 0 Å². The lowest BCUT2D eigenvalue weighted by Crippen LogP contribution is -2.33. The summed E-state index contributed by atoms with van der Waals surface area (Å²) in [4.78, 5) is 13.6. The molecule has 1 amide bonds. The molecule has 0 bridgehead atoms. The van der Waals surface area contributed by atoms with Crippen LogP contribution in [0.4, 0.5) is 0 Å². The highest BCUT2D eigenvalue weighted by Crippen LogP contribution is 2.27. The van der Waals surface area contributed by atoms with E-state index in [9.17, 15) is 4.79 Å². The number of hydrogen-bond donors (Lipinski definition) is 1. The Morgan fingerprint density at radius 1 is 1.31 bits per heavy atom. The van der Waals surface area contributed by atoms with Crippen molar-refractivity contribution in [3.63, 3.8) is 0 Å². The Labute approximate surface area is 98.8 Å². The predicted octanol–water partition coefficient (Wildman–Crippen LogP) is 2.19. The van der Waals surface area contributed by atoms with Crippen LogP contribution in [0, 0.1) is 5.92 Å². The zero-order valence-corrected chi connectivity index (χ0v) is 10.5. The van der Waals surface area contributed by atoms with Crippen LogP contribution in [0.3, 0.4) is 0 Å². The van der Waals surface area contributed by atoms with Gasteiger partial charge in [-0.3, -0.25) is 4.79 Å². The number of aliphatic hydroxyl groups excluding tert-OH is 1. The summed E-state index contributed by atoms with van der Waals surface area (Å²) in [5, 5.41) is 8.84. The van der Waals surface area contributed by atoms with Gasteiger partial charge in [0.2, 0.25) is 5.91 Å². The zero-order valence-electron chi connectivity index (χ0n) is 10.5. The van der Waals surface area contributed by atoms with Crippen molar-refractivity contribution in [1.82, 2.24) is 4.90 Å². The molecule has 0 aromatic carbocycles. The van der Waals surface area contributed by atoms with E-state index in [-0.39, 0.29) is 12.5 Å². The first-order valence-electron chi connectivity index (χ1n) is 6.66. The molecule has 0 aromatic rings. The smallest absolute Gasteiger partial charge is 0.222 e. The molecular formula is C13H25NO2. The molecule has 0 spiro atoms. The van der Waals surface area contributed by atoms with Crippen LogP contribution in [0.2, 0.25) is 0 Å². The largest absolute Gasteiger partial charge is 0.395 e. The van der Waals surface area contributed by atoms with Gasteiger partial charge in [0.25, 0.3) is 0 Å². The molecule has 1 rings (SSSR count). The molecule has 94 valence electrons. The Morgan fingerprint density at radius 2 is 2.00 bits per heavy atom. The number of aliphatic hydroxyl groups is 1. The van der Waals surface area contributed by atoms with Crippen LogP contribution in [0.1, 0.15) is 51.9 Å². The number of carbonyl (C=O) groups is 1. The predicted molar refractivity (Wildman–Crippen MR) is 65.1 cm³/mol. The highest BCUT2D eigenvalue weighted by atomic mass is 16.3. The van der Waals surface area contributed by atoms with E-state index in [1.807, 2.05) is 6.92 Å². The second kappa shape index (κ2) is 7.66. The number of amides is 1. The number of carbonyl (C=O) groups excluding carboxylic acids is 1. The first-order chi connectivity index (χ1) is 7.77. The van der Waals surface area contributed by atoms with Gasteiger partial charge >= 0.3 is 0 Å². The van der Waals surface area contributed by atoms with Gasteiger partial charge in [0.05, 0.1) is 6.61 Å². The van der Waals surface area contributed by atoms with Crippen molar-refractivity contribution >= 4 is 5.91 Å². The molecule has 0 radical (unpaired) electrons. The minimum absolute atomic E-state index is 0.0724. The molecule has 0 saturated heterocycles. The van der Waals surface area contributed by atoms with Gasteiger partial charge in [0.1, 0.15) is 0 Å². The number of nitrogens with zero attached hydrogens (tertiary/aromatic N) is 1. The standard InChI is InChI=1S/C13H25NO2/c1-2-14(10-11-15)13(16)9-8-12-6-4-3-5-7-12/h12,15H,2-11H2,1H3. The molecule has 1 N–H and O–H groups in total. The third-order valence-electron chi connectivity index (χ3n) is 3.60. The molecule has 3 heteroatoms. The summed E-state index contributed by atoms with van der Waals surface area (Å²) in [6.45, 7) is 3.24. The summed E-state index contributed by atoms with van der Waals surface area (Å²) in [6.07, 6.45) is 8.37. The molecule has 1 aliphatic rings. The summed E-state index contributed by atoms with van der Waals surface area (Å²) in [7, 11) is 0. The van der Waals surface area contributed by atoms with Crippen molar-refractivity contribution < 1.29 is 9.90 Å². The van der Waals surface area contributed by atoms with Gasteiger partial charge in [-0.05, 0) is 19.3 Å². The number of likely N-dealkylation sites (N-methyl/N-ethyl adjacent to an activating group) is 1. The Kier molecular flexibility index (Phi) is 6.46. The van der Waals surface area contributed by atoms with Crippen LogP contribution in [0.15, 0.2) is 0 Å². The van der Waals surface area contributed by atoms with E-state index in [0.717, 1.165) is 12.3 Å². The zero-order chi connectivity index (χ0) is 11.8. The van der Waals surface area contributed by atoms with Crippen molar-refractivity contribution in [3.8, 4) is 0 Å². The lowest BCUT2D eigenvalue weighted by molar-refractivity contribution is -0.131. The number of rotatable bonds is 6. The maximum Gasteiger partial charge on any atom is 0.222 e. The van der Waals surface area contributed by atoms with Gasteiger partial charge in [0, 0.05) is 19.5 Å². The fourth-order valence-corrected chi connectivity index (χ4v) is 2.54. The highest BCUT2D eigenvalue weighted by molar-refractivity contribution is 5.76. The molecule has 0 unspecified atom stereocenters. The summed E-state index contributed by atoms with van der Waals surface area (Å²) < 4.78 is 0. The van der Waals surface area contributed by atoms with E-state index < -0.39 is 0 Å². The third kappa shape index (κ3) is 4.52. The lowest BCUT2D eigenvalue weighted by atomic mass is 9.86. The van der Waals surface area contributed by atoms with Gasteiger partial charge in [-0.2, -0.15) is 0 Å². The Hall–Kier alpha value is -0.570. The summed E-state index contributed by atoms with van der Waals surface area (Å²) in [5.74, 6) is 0.979. The quantitative estimate of drug-likeness (QED) is 0.755. The monoisotopic (exact) mass is 227 g/mol. The second-order valence-corrected chi connectivity index (χ2v) is 4.74. The van der Waals surface area contributed by atoms with E-state index in [2.05, 4.69) is 0 Å². The van der Waals surface area contributed by atoms with Crippen LogP contribution in [-0.2, 0) is 4.79 Å². The first kappa shape index (κ1) is 13.5. The maximum atomic E-state index is 11.8. The van der Waals surface area contributed by atoms with Crippen LogP contribution < -0.4 is 0 Å². The van der Waals surface area contributed by atoms with E-state index in [1.54, 1.807) is 4.90 Å². The van der Waals surface area contributed by atoms with Gasteiger partial charge in [0.15, 0.2) is 0 Å². The molecular weight excluding hydrogens is 202 g/mol. The fourth-order valence-electron chi connectivity index (χ4n) is 2.54. The van der Waals surface area contributed by atoms with Crippen molar-refractivity contribution in [2.45, 2.75) is 51.9 Å². The van der Waals surface area contributed by atoms with Crippen molar-refractivity contribution in [3.05, 3.63) is 0 Å². The molecule has 0 atom stereocenters. The van der Waals surface area contributed by atoms with E-state index in [1.165, 1.54) is 32.1 Å². The van der Waals surface area contributed by atoms with Crippen LogP contribution in [0.25, 0.3) is 0 Å². The van der Waals surface area contributed by atoms with Gasteiger partial charge in [-0.1, -0.05) is 32.1 Å². The normalized spacial score (nSPS) is 17.4. The highest BCUT2D eigenvalue weighted by Gasteiger charge is 2.17. The SMILES string of the molecule is CCN(CCO)C(=O)CCC1CCCCC1. The van der Waals surface area contributed by atoms with Crippen molar-refractivity contribution in [2.75, 3.05) is 19.7 Å². The van der Waals surface area contributed by atoms with E-state index in [4.69, 9.17) is 5.11 Å². The summed E-state index contributed by atoms with van der Waals surface area (Å²) in [5.41, 5.74) is 0.